The quantitative estimate of drug-likeness (QED) is 0.372. The summed E-state index contributed by atoms with van der Waals surface area (Å²) in [5.41, 5.74) is 0.751. The van der Waals surface area contributed by atoms with Crippen molar-refractivity contribution in [3.8, 4) is 10.6 Å². The Bertz CT molecular complexity index is 532. The summed E-state index contributed by atoms with van der Waals surface area (Å²) in [6.07, 6.45) is 3.56. The van der Waals surface area contributed by atoms with Crippen molar-refractivity contribution in [2.45, 2.75) is 9.37 Å². The van der Waals surface area contributed by atoms with Crippen molar-refractivity contribution < 1.29 is 28.2 Å². The van der Waals surface area contributed by atoms with Gasteiger partial charge >= 0.3 is 0 Å². The summed E-state index contributed by atoms with van der Waals surface area (Å²) in [5.74, 6) is 0. The molecule has 0 radical (unpaired) electrons. The van der Waals surface area contributed by atoms with Gasteiger partial charge in [0.2, 0.25) is 0 Å². The van der Waals surface area contributed by atoms with Gasteiger partial charge in [0.1, 0.15) is 0 Å². The van der Waals surface area contributed by atoms with Crippen LogP contribution >= 0.6 is 23.1 Å². The molecular formula is C9H7N2O2S3Zn-. The van der Waals surface area contributed by atoms with E-state index in [1.807, 2.05) is 6.26 Å². The second-order valence-electron chi connectivity index (χ2n) is 2.78. The molecule has 0 bridgehead atoms. The number of nitrogens with zero attached hydrogens (tertiary/aromatic N) is 2. The van der Waals surface area contributed by atoms with E-state index in [1.165, 1.54) is 23.1 Å². The Kier molecular flexibility index (Phi) is 5.89. The first-order chi connectivity index (χ1) is 7.70. The van der Waals surface area contributed by atoms with E-state index in [4.69, 9.17) is 0 Å². The van der Waals surface area contributed by atoms with E-state index in [2.05, 4.69) is 9.97 Å². The van der Waals surface area contributed by atoms with Crippen LogP contribution in [0.2, 0.25) is 0 Å². The van der Waals surface area contributed by atoms with Crippen molar-refractivity contribution in [3.63, 3.8) is 0 Å². The molecule has 0 amide bonds. The van der Waals surface area contributed by atoms with Gasteiger partial charge in [-0.2, -0.15) is 0 Å². The minimum Gasteiger partial charge on any atom is -0.768 e. The van der Waals surface area contributed by atoms with Crippen LogP contribution in [-0.2, 0) is 30.6 Å². The Morgan fingerprint density at radius 2 is 2.18 bits per heavy atom. The predicted octanol–water partition coefficient (Wildman–Crippen LogP) is 2.16. The molecule has 0 saturated heterocycles. The molecule has 8 heteroatoms. The Balaban J connectivity index is 0.00000144. The van der Waals surface area contributed by atoms with Crippen LogP contribution in [0.15, 0.2) is 33.8 Å². The summed E-state index contributed by atoms with van der Waals surface area (Å²) < 4.78 is 21.8. The van der Waals surface area contributed by atoms with Crippen molar-refractivity contribution in [2.75, 3.05) is 6.26 Å². The van der Waals surface area contributed by atoms with Gasteiger partial charge in [-0.15, -0.1) is 11.3 Å². The number of thiophene rings is 1. The summed E-state index contributed by atoms with van der Waals surface area (Å²) in [4.78, 5) is 9.19. The molecule has 2 aromatic heterocycles. The Hall–Kier alpha value is -0.137. The van der Waals surface area contributed by atoms with E-state index >= 15 is 0 Å². The molecule has 2 rings (SSSR count). The molecule has 17 heavy (non-hydrogen) atoms. The maximum atomic E-state index is 10.7. The van der Waals surface area contributed by atoms with Crippen molar-refractivity contribution >= 4 is 34.2 Å². The summed E-state index contributed by atoms with van der Waals surface area (Å²) in [7, 11) is 0. The number of thioether (sulfide) groups is 1. The maximum absolute atomic E-state index is 10.7. The fraction of sp³-hybridized carbons (Fsp3) is 0.111. The van der Waals surface area contributed by atoms with Gasteiger partial charge in [-0.25, -0.2) is 9.97 Å². The average molecular weight is 337 g/mol. The molecule has 0 aliphatic rings. The molecule has 0 fully saturated rings. The molecular weight excluding hydrogens is 330 g/mol. The second-order valence-corrected chi connectivity index (χ2v) is 5.81. The molecule has 0 spiro atoms. The van der Waals surface area contributed by atoms with Gasteiger partial charge in [0.15, 0.2) is 5.16 Å². The Labute approximate surface area is 122 Å². The van der Waals surface area contributed by atoms with Crippen LogP contribution < -0.4 is 0 Å². The Morgan fingerprint density at radius 1 is 1.41 bits per heavy atom. The zero-order valence-corrected chi connectivity index (χ0v) is 14.4. The van der Waals surface area contributed by atoms with E-state index in [9.17, 15) is 8.76 Å². The summed E-state index contributed by atoms with van der Waals surface area (Å²) in [6.45, 7) is 0. The fourth-order valence-electron chi connectivity index (χ4n) is 1.12. The molecule has 0 N–H and O–H groups in total. The third kappa shape index (κ3) is 3.66. The first-order valence-corrected chi connectivity index (χ1v) is 7.39. The third-order valence-corrected chi connectivity index (χ3v) is 4.40. The van der Waals surface area contributed by atoms with Crippen LogP contribution in [0.25, 0.3) is 10.6 Å². The SMILES string of the molecule is CSc1nccc(-c2ccc(S(=O)[O-])s2)n1.[Zn]. The molecule has 2 heterocycles. The zero-order valence-electron chi connectivity index (χ0n) is 8.95. The second kappa shape index (κ2) is 6.70. The monoisotopic (exact) mass is 335 g/mol. The van der Waals surface area contributed by atoms with Crippen LogP contribution in [0.4, 0.5) is 0 Å². The molecule has 86 valence electrons. The summed E-state index contributed by atoms with van der Waals surface area (Å²) >= 11 is 0.483. The van der Waals surface area contributed by atoms with Crippen LogP contribution in [0.5, 0.6) is 0 Å². The predicted molar refractivity (Wildman–Crippen MR) is 64.3 cm³/mol. The van der Waals surface area contributed by atoms with E-state index in [0.29, 0.717) is 9.37 Å². The van der Waals surface area contributed by atoms with Gasteiger partial charge in [-0.3, -0.25) is 4.21 Å². The first kappa shape index (κ1) is 14.9. The zero-order chi connectivity index (χ0) is 11.5. The minimum atomic E-state index is -2.17. The smallest absolute Gasteiger partial charge is 0.187 e. The number of rotatable bonds is 3. The molecule has 1 unspecified atom stereocenters. The minimum absolute atomic E-state index is 0. The van der Waals surface area contributed by atoms with Gasteiger partial charge < -0.3 is 4.55 Å². The van der Waals surface area contributed by atoms with Crippen molar-refractivity contribution in [1.82, 2.24) is 9.97 Å². The van der Waals surface area contributed by atoms with E-state index in [1.54, 1.807) is 24.4 Å². The first-order valence-electron chi connectivity index (χ1n) is 4.27. The van der Waals surface area contributed by atoms with Crippen LogP contribution in [0.1, 0.15) is 0 Å². The molecule has 1 atom stereocenters. The van der Waals surface area contributed by atoms with E-state index in [-0.39, 0.29) is 19.5 Å². The molecule has 0 aliphatic carbocycles. The summed E-state index contributed by atoms with van der Waals surface area (Å²) in [6, 6.07) is 5.09. The Morgan fingerprint density at radius 3 is 2.76 bits per heavy atom. The van der Waals surface area contributed by atoms with Gasteiger partial charge in [0, 0.05) is 25.7 Å². The largest absolute Gasteiger partial charge is 0.768 e. The number of hydrogen-bond acceptors (Lipinski definition) is 6. The van der Waals surface area contributed by atoms with Crippen molar-refractivity contribution in [3.05, 3.63) is 24.4 Å². The molecule has 4 nitrogen and oxygen atoms in total. The van der Waals surface area contributed by atoms with Crippen LogP contribution in [0.3, 0.4) is 0 Å². The maximum Gasteiger partial charge on any atom is 0.187 e. The molecule has 2 aromatic rings. The average Bonchev–Trinajstić information content (AvgIpc) is 2.78. The number of hydrogen-bond donors (Lipinski definition) is 0. The molecule has 0 aliphatic heterocycles. The summed E-state index contributed by atoms with van der Waals surface area (Å²) in [5, 5.41) is 0.677. The van der Waals surface area contributed by atoms with E-state index < -0.39 is 11.1 Å². The van der Waals surface area contributed by atoms with Crippen LogP contribution in [0, 0.1) is 0 Å². The topological polar surface area (TPSA) is 65.9 Å². The van der Waals surface area contributed by atoms with Crippen molar-refractivity contribution in [1.29, 1.82) is 0 Å². The van der Waals surface area contributed by atoms with E-state index in [0.717, 1.165) is 10.6 Å². The van der Waals surface area contributed by atoms with Gasteiger partial charge in [-0.1, -0.05) is 11.8 Å². The normalized spacial score (nSPS) is 11.9. The third-order valence-electron chi connectivity index (χ3n) is 1.81. The fourth-order valence-corrected chi connectivity index (χ4v) is 2.91. The van der Waals surface area contributed by atoms with Gasteiger partial charge in [0.25, 0.3) is 0 Å². The van der Waals surface area contributed by atoms with Crippen LogP contribution in [-0.4, -0.2) is 25.0 Å². The number of aromatic nitrogens is 2. The molecule has 0 aromatic carbocycles. The van der Waals surface area contributed by atoms with Crippen molar-refractivity contribution in [2.24, 2.45) is 0 Å². The van der Waals surface area contributed by atoms with Gasteiger partial charge in [-0.05, 0) is 35.5 Å². The molecule has 0 saturated carbocycles. The standard InChI is InChI=1S/C9H8N2O2S3.Zn/c1-14-9-10-5-4-6(11-9)7-2-3-8(15-7)16(12)13;/h2-5H,1H3,(H,12,13);/p-1. The van der Waals surface area contributed by atoms with Gasteiger partial charge in [0.05, 0.1) is 14.8 Å².